The van der Waals surface area contributed by atoms with Crippen LogP contribution in [0.4, 0.5) is 10.5 Å². The third-order valence-electron chi connectivity index (χ3n) is 5.29. The first kappa shape index (κ1) is 29.2. The zero-order valence-corrected chi connectivity index (χ0v) is 22.6. The lowest BCUT2D eigenvalue weighted by atomic mass is 9.98. The Balaban J connectivity index is 2.44. The van der Waals surface area contributed by atoms with Crippen molar-refractivity contribution in [2.45, 2.75) is 65.6 Å². The summed E-state index contributed by atoms with van der Waals surface area (Å²) in [7, 11) is 1.55. The fraction of sp³-hybridized carbons (Fsp3) is 0.414. The first-order chi connectivity index (χ1) is 17.3. The van der Waals surface area contributed by atoms with Crippen molar-refractivity contribution in [2.24, 2.45) is 5.92 Å². The van der Waals surface area contributed by atoms with E-state index in [1.807, 2.05) is 26.8 Å². The van der Waals surface area contributed by atoms with Crippen LogP contribution >= 0.6 is 0 Å². The molecule has 0 fully saturated rings. The number of hydrogen-bond acceptors (Lipinski definition) is 5. The van der Waals surface area contributed by atoms with Gasteiger partial charge in [0.05, 0.1) is 7.11 Å². The van der Waals surface area contributed by atoms with Crippen LogP contribution < -0.4 is 15.4 Å². The van der Waals surface area contributed by atoms with E-state index in [9.17, 15) is 14.4 Å². The summed E-state index contributed by atoms with van der Waals surface area (Å²) in [5, 5.41) is 5.48. The molecule has 0 bridgehead atoms. The average Bonchev–Trinajstić information content (AvgIpc) is 2.80. The van der Waals surface area contributed by atoms with Gasteiger partial charge in [0.15, 0.2) is 0 Å². The van der Waals surface area contributed by atoms with Crippen LogP contribution in [0.3, 0.4) is 0 Å². The minimum Gasteiger partial charge on any atom is -0.497 e. The number of alkyl carbamates (subject to hydrolysis) is 1. The van der Waals surface area contributed by atoms with E-state index in [4.69, 9.17) is 15.9 Å². The first-order valence-corrected chi connectivity index (χ1v) is 12.1. The Hall–Kier alpha value is -3.99. The second-order valence-corrected chi connectivity index (χ2v) is 10.2. The van der Waals surface area contributed by atoms with E-state index < -0.39 is 35.6 Å². The Kier molecular flexibility index (Phi) is 10.1. The Bertz CT molecular complexity index is 1130. The molecule has 2 unspecified atom stereocenters. The SMILES string of the molecule is C#CN(C(=O)C(CC(C)C)NC(=O)OC(C)(C)C)C(C(=O)Nc1ccc(OC)cc1)c1cccc(C)c1. The van der Waals surface area contributed by atoms with Gasteiger partial charge in [-0.2, -0.15) is 0 Å². The number of nitrogens with one attached hydrogen (secondary N) is 2. The summed E-state index contributed by atoms with van der Waals surface area (Å²) in [5.41, 5.74) is 1.20. The molecule has 2 rings (SSSR count). The Morgan fingerprint density at radius 2 is 1.73 bits per heavy atom. The molecule has 198 valence electrons. The van der Waals surface area contributed by atoms with E-state index in [0.717, 1.165) is 10.5 Å². The summed E-state index contributed by atoms with van der Waals surface area (Å²) in [6.07, 6.45) is 5.40. The number of amides is 3. The first-order valence-electron chi connectivity index (χ1n) is 12.1. The van der Waals surface area contributed by atoms with Crippen LogP contribution in [-0.2, 0) is 14.3 Å². The lowest BCUT2D eigenvalue weighted by Gasteiger charge is -2.31. The molecule has 0 saturated carbocycles. The molecule has 0 aromatic heterocycles. The summed E-state index contributed by atoms with van der Waals surface area (Å²) in [6.45, 7) is 10.9. The van der Waals surface area contributed by atoms with Crippen molar-refractivity contribution >= 4 is 23.6 Å². The topological polar surface area (TPSA) is 97.0 Å². The van der Waals surface area contributed by atoms with Gasteiger partial charge in [-0.1, -0.05) is 50.1 Å². The second-order valence-electron chi connectivity index (χ2n) is 10.2. The van der Waals surface area contributed by atoms with Crippen molar-refractivity contribution < 1.29 is 23.9 Å². The lowest BCUT2D eigenvalue weighted by Crippen LogP contribution is -2.51. The van der Waals surface area contributed by atoms with E-state index >= 15 is 0 Å². The molecule has 8 heteroatoms. The summed E-state index contributed by atoms with van der Waals surface area (Å²) in [5.74, 6) is -0.395. The number of carbonyl (C=O) groups is 3. The quantitative estimate of drug-likeness (QED) is 0.366. The minimum atomic E-state index is -1.14. The van der Waals surface area contributed by atoms with Crippen LogP contribution in [0.5, 0.6) is 5.75 Å². The summed E-state index contributed by atoms with van der Waals surface area (Å²) >= 11 is 0. The van der Waals surface area contributed by atoms with Gasteiger partial charge in [0.25, 0.3) is 11.8 Å². The van der Waals surface area contributed by atoms with Crippen LogP contribution in [-0.4, -0.2) is 41.6 Å². The van der Waals surface area contributed by atoms with Crippen molar-refractivity contribution in [1.82, 2.24) is 10.2 Å². The number of rotatable bonds is 9. The number of ether oxygens (including phenoxy) is 2. The Morgan fingerprint density at radius 1 is 1.08 bits per heavy atom. The highest BCUT2D eigenvalue weighted by atomic mass is 16.6. The van der Waals surface area contributed by atoms with Crippen molar-refractivity contribution in [3.63, 3.8) is 0 Å². The van der Waals surface area contributed by atoms with E-state index in [1.165, 1.54) is 0 Å². The highest BCUT2D eigenvalue weighted by Crippen LogP contribution is 2.26. The van der Waals surface area contributed by atoms with E-state index in [-0.39, 0.29) is 5.92 Å². The predicted molar refractivity (Wildman–Crippen MR) is 144 cm³/mol. The van der Waals surface area contributed by atoms with E-state index in [1.54, 1.807) is 70.3 Å². The molecule has 0 aliphatic rings. The molecule has 3 amide bonds. The molecule has 0 saturated heterocycles. The van der Waals surface area contributed by atoms with Gasteiger partial charge in [0.2, 0.25) is 0 Å². The van der Waals surface area contributed by atoms with Gasteiger partial charge in [-0.3, -0.25) is 14.5 Å². The molecule has 0 heterocycles. The number of benzene rings is 2. The fourth-order valence-electron chi connectivity index (χ4n) is 3.72. The highest BCUT2D eigenvalue weighted by Gasteiger charge is 2.36. The van der Waals surface area contributed by atoms with Crippen molar-refractivity contribution in [1.29, 1.82) is 0 Å². The van der Waals surface area contributed by atoms with Crippen molar-refractivity contribution in [3.8, 4) is 18.2 Å². The van der Waals surface area contributed by atoms with Crippen LogP contribution in [0, 0.1) is 25.3 Å². The fourth-order valence-corrected chi connectivity index (χ4v) is 3.72. The zero-order valence-electron chi connectivity index (χ0n) is 22.6. The van der Waals surface area contributed by atoms with Crippen LogP contribution in [0.25, 0.3) is 0 Å². The molecule has 0 aliphatic carbocycles. The summed E-state index contributed by atoms with van der Waals surface area (Å²) in [4.78, 5) is 40.9. The van der Waals surface area contributed by atoms with Gasteiger partial charge in [-0.05, 0) is 69.9 Å². The van der Waals surface area contributed by atoms with Crippen LogP contribution in [0.15, 0.2) is 48.5 Å². The van der Waals surface area contributed by atoms with Gasteiger partial charge in [-0.25, -0.2) is 4.79 Å². The third-order valence-corrected chi connectivity index (χ3v) is 5.29. The molecule has 0 aliphatic heterocycles. The van der Waals surface area contributed by atoms with E-state index in [0.29, 0.717) is 23.4 Å². The van der Waals surface area contributed by atoms with Gasteiger partial charge >= 0.3 is 6.09 Å². The predicted octanol–water partition coefficient (Wildman–Crippen LogP) is 5.04. The normalized spacial score (nSPS) is 12.6. The lowest BCUT2D eigenvalue weighted by molar-refractivity contribution is -0.137. The smallest absolute Gasteiger partial charge is 0.408 e. The van der Waals surface area contributed by atoms with Gasteiger partial charge < -0.3 is 20.1 Å². The average molecular weight is 508 g/mol. The second kappa shape index (κ2) is 12.8. The number of aryl methyl sites for hydroxylation is 1. The largest absolute Gasteiger partial charge is 0.497 e. The minimum absolute atomic E-state index is 0.0501. The number of terminal acetylenes is 1. The molecule has 8 nitrogen and oxygen atoms in total. The monoisotopic (exact) mass is 507 g/mol. The summed E-state index contributed by atoms with van der Waals surface area (Å²) in [6, 6.07) is 14.3. The number of carbonyl (C=O) groups excluding carboxylic acids is 3. The van der Waals surface area contributed by atoms with Crippen LogP contribution in [0.2, 0.25) is 0 Å². The van der Waals surface area contributed by atoms with E-state index in [2.05, 4.69) is 16.7 Å². The molecular weight excluding hydrogens is 470 g/mol. The standard InChI is InChI=1S/C29H37N3O5/c1-9-32(27(34)24(17-19(2)3)31-28(35)37-29(5,6)7)25(21-12-10-11-20(4)18-21)26(33)30-22-13-15-23(36-8)16-14-22/h1,10-16,18-19,24-25H,17H2,2-8H3,(H,30,33)(H,31,35). The molecule has 2 aromatic carbocycles. The Morgan fingerprint density at radius 3 is 2.24 bits per heavy atom. The number of anilines is 1. The molecule has 2 N–H and O–H groups in total. The zero-order chi connectivity index (χ0) is 27.8. The van der Waals surface area contributed by atoms with Gasteiger partial charge in [-0.15, -0.1) is 0 Å². The molecule has 2 atom stereocenters. The molecule has 0 radical (unpaired) electrons. The molecule has 37 heavy (non-hydrogen) atoms. The maximum atomic E-state index is 13.8. The summed E-state index contributed by atoms with van der Waals surface area (Å²) < 4.78 is 10.5. The number of methoxy groups -OCH3 is 1. The Labute approximate surface area is 219 Å². The van der Waals surface area contributed by atoms with Gasteiger partial charge in [0, 0.05) is 11.7 Å². The van der Waals surface area contributed by atoms with Crippen molar-refractivity contribution in [3.05, 3.63) is 59.7 Å². The van der Waals surface area contributed by atoms with Crippen molar-refractivity contribution in [2.75, 3.05) is 12.4 Å². The molecular formula is C29H37N3O5. The number of nitrogens with zero attached hydrogens (tertiary/aromatic N) is 1. The third kappa shape index (κ3) is 8.87. The molecule has 2 aromatic rings. The molecule has 0 spiro atoms. The van der Waals surface area contributed by atoms with Crippen LogP contribution in [0.1, 0.15) is 58.2 Å². The highest BCUT2D eigenvalue weighted by molar-refractivity contribution is 5.99. The maximum Gasteiger partial charge on any atom is 0.408 e. The van der Waals surface area contributed by atoms with Gasteiger partial charge in [0.1, 0.15) is 23.4 Å². The number of hydrogen-bond donors (Lipinski definition) is 2. The maximum absolute atomic E-state index is 13.8.